The molecule has 0 atom stereocenters. The minimum Gasteiger partial charge on any atom is -0.299 e. The molecule has 1 saturated heterocycles. The average molecular weight is 167 g/mol. The van der Waals surface area contributed by atoms with E-state index < -0.39 is 0 Å². The minimum absolute atomic E-state index is 0.645. The van der Waals surface area contributed by atoms with Gasteiger partial charge in [-0.2, -0.15) is 0 Å². The minimum atomic E-state index is 0.645. The van der Waals surface area contributed by atoms with E-state index >= 15 is 0 Å². The zero-order valence-electron chi connectivity index (χ0n) is 8.47. The van der Waals surface area contributed by atoms with E-state index in [1.807, 2.05) is 0 Å². The van der Waals surface area contributed by atoms with E-state index in [4.69, 9.17) is 0 Å². The van der Waals surface area contributed by atoms with Crippen molar-refractivity contribution in [2.75, 3.05) is 19.6 Å². The van der Waals surface area contributed by atoms with Crippen LogP contribution in [0.4, 0.5) is 0 Å². The molecule has 1 aliphatic rings. The van der Waals surface area contributed by atoms with Crippen LogP contribution in [0.1, 0.15) is 33.1 Å². The standard InChI is InChI=1S/C11H21N/c1-10(2)11(3)9-12-7-5-4-6-8-12/h10H,3-9H2,1-2H3. The van der Waals surface area contributed by atoms with E-state index in [2.05, 4.69) is 25.3 Å². The van der Waals surface area contributed by atoms with Gasteiger partial charge in [0.1, 0.15) is 0 Å². The van der Waals surface area contributed by atoms with E-state index in [9.17, 15) is 0 Å². The van der Waals surface area contributed by atoms with Crippen LogP contribution in [-0.2, 0) is 0 Å². The summed E-state index contributed by atoms with van der Waals surface area (Å²) in [6.45, 7) is 12.3. The predicted octanol–water partition coefficient (Wildman–Crippen LogP) is 2.68. The van der Waals surface area contributed by atoms with Gasteiger partial charge in [-0.15, -0.1) is 0 Å². The van der Waals surface area contributed by atoms with Crippen LogP contribution in [0.3, 0.4) is 0 Å². The van der Waals surface area contributed by atoms with Gasteiger partial charge in [0.15, 0.2) is 0 Å². The van der Waals surface area contributed by atoms with Gasteiger partial charge in [-0.05, 0) is 31.8 Å². The molecule has 12 heavy (non-hydrogen) atoms. The quantitative estimate of drug-likeness (QED) is 0.584. The molecule has 0 aromatic carbocycles. The highest BCUT2D eigenvalue weighted by molar-refractivity contribution is 5.00. The summed E-state index contributed by atoms with van der Waals surface area (Å²) < 4.78 is 0. The molecule has 0 aromatic heterocycles. The first-order valence-corrected chi connectivity index (χ1v) is 5.10. The first kappa shape index (κ1) is 9.79. The normalized spacial score (nSPS) is 19.9. The largest absolute Gasteiger partial charge is 0.299 e. The lowest BCUT2D eigenvalue weighted by Gasteiger charge is -2.28. The van der Waals surface area contributed by atoms with Gasteiger partial charge < -0.3 is 0 Å². The number of hydrogen-bond donors (Lipinski definition) is 0. The third-order valence-corrected chi connectivity index (χ3v) is 2.69. The Morgan fingerprint density at radius 2 is 1.83 bits per heavy atom. The topological polar surface area (TPSA) is 3.24 Å². The first-order valence-electron chi connectivity index (χ1n) is 5.10. The Labute approximate surface area is 76.5 Å². The Bertz CT molecular complexity index is 143. The van der Waals surface area contributed by atoms with Gasteiger partial charge in [-0.3, -0.25) is 4.90 Å². The van der Waals surface area contributed by atoms with Crippen molar-refractivity contribution in [3.8, 4) is 0 Å². The summed E-state index contributed by atoms with van der Waals surface area (Å²) >= 11 is 0. The highest BCUT2D eigenvalue weighted by Crippen LogP contribution is 2.13. The van der Waals surface area contributed by atoms with Gasteiger partial charge in [0.25, 0.3) is 0 Å². The van der Waals surface area contributed by atoms with Crippen LogP contribution < -0.4 is 0 Å². The number of piperidine rings is 1. The van der Waals surface area contributed by atoms with Crippen molar-refractivity contribution in [1.29, 1.82) is 0 Å². The summed E-state index contributed by atoms with van der Waals surface area (Å²) in [7, 11) is 0. The van der Waals surface area contributed by atoms with Crippen molar-refractivity contribution in [3.05, 3.63) is 12.2 Å². The molecular formula is C11H21N. The van der Waals surface area contributed by atoms with E-state index in [1.165, 1.54) is 37.9 Å². The molecule has 1 rings (SSSR count). The molecule has 0 aliphatic carbocycles. The summed E-state index contributed by atoms with van der Waals surface area (Å²) in [5.41, 5.74) is 1.39. The fourth-order valence-electron chi connectivity index (χ4n) is 1.59. The number of hydrogen-bond acceptors (Lipinski definition) is 1. The molecule has 0 unspecified atom stereocenters. The summed E-state index contributed by atoms with van der Waals surface area (Å²) in [5.74, 6) is 0.645. The predicted molar refractivity (Wildman–Crippen MR) is 54.3 cm³/mol. The summed E-state index contributed by atoms with van der Waals surface area (Å²) in [6, 6.07) is 0. The Balaban J connectivity index is 2.24. The maximum absolute atomic E-state index is 4.11. The van der Waals surface area contributed by atoms with Crippen LogP contribution in [0.5, 0.6) is 0 Å². The summed E-state index contributed by atoms with van der Waals surface area (Å²) in [5, 5.41) is 0. The Kier molecular flexibility index (Phi) is 3.80. The van der Waals surface area contributed by atoms with Crippen molar-refractivity contribution in [2.24, 2.45) is 5.92 Å². The molecular weight excluding hydrogens is 146 g/mol. The number of likely N-dealkylation sites (tertiary alicyclic amines) is 1. The van der Waals surface area contributed by atoms with Crippen LogP contribution in [0.2, 0.25) is 0 Å². The lowest BCUT2D eigenvalue weighted by Crippen LogP contribution is -2.32. The summed E-state index contributed by atoms with van der Waals surface area (Å²) in [4.78, 5) is 2.53. The van der Waals surface area contributed by atoms with E-state index in [1.54, 1.807) is 0 Å². The monoisotopic (exact) mass is 167 g/mol. The molecule has 0 bridgehead atoms. The van der Waals surface area contributed by atoms with Crippen molar-refractivity contribution >= 4 is 0 Å². The maximum Gasteiger partial charge on any atom is 0.0192 e. The molecule has 0 aromatic rings. The van der Waals surface area contributed by atoms with Crippen molar-refractivity contribution in [2.45, 2.75) is 33.1 Å². The molecule has 0 amide bonds. The lowest BCUT2D eigenvalue weighted by molar-refractivity contribution is 0.242. The summed E-state index contributed by atoms with van der Waals surface area (Å²) in [6.07, 6.45) is 4.18. The van der Waals surface area contributed by atoms with Gasteiger partial charge >= 0.3 is 0 Å². The van der Waals surface area contributed by atoms with Crippen LogP contribution in [0.15, 0.2) is 12.2 Å². The van der Waals surface area contributed by atoms with Crippen molar-refractivity contribution in [1.82, 2.24) is 4.90 Å². The molecule has 0 spiro atoms. The highest BCUT2D eigenvalue weighted by Gasteiger charge is 2.11. The second kappa shape index (κ2) is 4.66. The molecule has 0 radical (unpaired) electrons. The fourth-order valence-corrected chi connectivity index (χ4v) is 1.59. The smallest absolute Gasteiger partial charge is 0.0192 e. The van der Waals surface area contributed by atoms with Crippen LogP contribution >= 0.6 is 0 Å². The Morgan fingerprint density at radius 3 is 2.33 bits per heavy atom. The van der Waals surface area contributed by atoms with Gasteiger partial charge in [0.2, 0.25) is 0 Å². The molecule has 1 heteroatoms. The van der Waals surface area contributed by atoms with Crippen LogP contribution in [0.25, 0.3) is 0 Å². The number of rotatable bonds is 3. The van der Waals surface area contributed by atoms with E-state index in [0.29, 0.717) is 5.92 Å². The zero-order chi connectivity index (χ0) is 8.97. The Hall–Kier alpha value is -0.300. The van der Waals surface area contributed by atoms with Gasteiger partial charge in [-0.1, -0.05) is 32.4 Å². The van der Waals surface area contributed by atoms with Crippen molar-refractivity contribution < 1.29 is 0 Å². The van der Waals surface area contributed by atoms with Crippen LogP contribution in [-0.4, -0.2) is 24.5 Å². The third kappa shape index (κ3) is 2.98. The number of nitrogens with zero attached hydrogens (tertiary/aromatic N) is 1. The second-order valence-corrected chi connectivity index (χ2v) is 4.15. The maximum atomic E-state index is 4.11. The molecule has 1 heterocycles. The highest BCUT2D eigenvalue weighted by atomic mass is 15.1. The molecule has 1 fully saturated rings. The van der Waals surface area contributed by atoms with Crippen molar-refractivity contribution in [3.63, 3.8) is 0 Å². The van der Waals surface area contributed by atoms with Gasteiger partial charge in [0, 0.05) is 6.54 Å². The molecule has 0 saturated carbocycles. The molecule has 1 aliphatic heterocycles. The zero-order valence-corrected chi connectivity index (χ0v) is 8.47. The molecule has 70 valence electrons. The van der Waals surface area contributed by atoms with Crippen LogP contribution in [0, 0.1) is 5.92 Å². The fraction of sp³-hybridized carbons (Fsp3) is 0.818. The Morgan fingerprint density at radius 1 is 1.25 bits per heavy atom. The lowest BCUT2D eigenvalue weighted by atomic mass is 10.0. The second-order valence-electron chi connectivity index (χ2n) is 4.15. The third-order valence-electron chi connectivity index (χ3n) is 2.69. The molecule has 1 nitrogen and oxygen atoms in total. The van der Waals surface area contributed by atoms with Gasteiger partial charge in [-0.25, -0.2) is 0 Å². The van der Waals surface area contributed by atoms with E-state index in [-0.39, 0.29) is 0 Å². The molecule has 0 N–H and O–H groups in total. The van der Waals surface area contributed by atoms with E-state index in [0.717, 1.165) is 6.54 Å². The average Bonchev–Trinajstić information content (AvgIpc) is 2.06. The SMILES string of the molecule is C=C(CN1CCCCC1)C(C)C. The first-order chi connectivity index (χ1) is 5.70. The van der Waals surface area contributed by atoms with Gasteiger partial charge in [0.05, 0.1) is 0 Å².